The predicted molar refractivity (Wildman–Crippen MR) is 79.4 cm³/mol. The van der Waals surface area contributed by atoms with Gasteiger partial charge >= 0.3 is 0 Å². The van der Waals surface area contributed by atoms with E-state index in [4.69, 9.17) is 28.9 Å². The molecule has 0 unspecified atom stereocenters. The first kappa shape index (κ1) is 13.1. The van der Waals surface area contributed by atoms with Crippen LogP contribution in [-0.2, 0) is 0 Å². The average molecular weight is 308 g/mol. The van der Waals surface area contributed by atoms with Gasteiger partial charge in [-0.2, -0.15) is 0 Å². The molecule has 2 aromatic carbocycles. The minimum Gasteiger partial charge on any atom is -0.383 e. The third-order valence-corrected chi connectivity index (χ3v) is 3.83. The van der Waals surface area contributed by atoms with E-state index in [2.05, 4.69) is 9.97 Å². The van der Waals surface area contributed by atoms with E-state index < -0.39 is 5.82 Å². The largest absolute Gasteiger partial charge is 0.383 e. The molecule has 6 heteroatoms. The van der Waals surface area contributed by atoms with Crippen molar-refractivity contribution in [2.75, 3.05) is 5.73 Å². The molecule has 0 saturated heterocycles. The Hall–Kier alpha value is -1.91. The Morgan fingerprint density at radius 1 is 1.05 bits per heavy atom. The van der Waals surface area contributed by atoms with Crippen LogP contribution in [0.2, 0.25) is 10.0 Å². The van der Waals surface area contributed by atoms with Gasteiger partial charge in [0.2, 0.25) is 0 Å². The zero-order valence-corrected chi connectivity index (χ0v) is 11.6. The summed E-state index contributed by atoms with van der Waals surface area (Å²) in [7, 11) is 0. The van der Waals surface area contributed by atoms with Gasteiger partial charge in [0.05, 0.1) is 15.6 Å². The van der Waals surface area contributed by atoms with E-state index in [1.165, 1.54) is 12.4 Å². The van der Waals surface area contributed by atoms with Crippen molar-refractivity contribution in [3.05, 3.63) is 52.5 Å². The molecular weight excluding hydrogens is 300 g/mol. The maximum Gasteiger partial charge on any atom is 0.134 e. The van der Waals surface area contributed by atoms with Crippen LogP contribution in [-0.4, -0.2) is 9.97 Å². The molecule has 0 spiro atoms. The zero-order chi connectivity index (χ0) is 14.3. The number of nitrogens with zero attached hydrogens (tertiary/aromatic N) is 2. The van der Waals surface area contributed by atoms with Crippen LogP contribution >= 0.6 is 23.2 Å². The van der Waals surface area contributed by atoms with E-state index in [1.54, 1.807) is 24.3 Å². The van der Waals surface area contributed by atoms with Crippen LogP contribution in [0.1, 0.15) is 0 Å². The molecule has 0 fully saturated rings. The second-order valence-corrected chi connectivity index (χ2v) is 4.96. The first-order chi connectivity index (χ1) is 9.59. The van der Waals surface area contributed by atoms with Gasteiger partial charge in [-0.25, -0.2) is 14.4 Å². The van der Waals surface area contributed by atoms with Gasteiger partial charge in [-0.1, -0.05) is 35.3 Å². The number of benzene rings is 2. The predicted octanol–water partition coefficient (Wildman–Crippen LogP) is 4.32. The van der Waals surface area contributed by atoms with Crippen molar-refractivity contribution < 1.29 is 4.39 Å². The summed E-state index contributed by atoms with van der Waals surface area (Å²) >= 11 is 12.2. The van der Waals surface area contributed by atoms with E-state index in [0.29, 0.717) is 21.5 Å². The lowest BCUT2D eigenvalue weighted by Gasteiger charge is -2.10. The minimum atomic E-state index is -0.445. The Kier molecular flexibility index (Phi) is 3.20. The Labute approximate surface area is 124 Å². The molecule has 0 bridgehead atoms. The first-order valence-electron chi connectivity index (χ1n) is 5.72. The Bertz CT molecular complexity index is 821. The second-order valence-electron chi connectivity index (χ2n) is 4.18. The molecule has 100 valence electrons. The van der Waals surface area contributed by atoms with Gasteiger partial charge in [0.15, 0.2) is 0 Å². The van der Waals surface area contributed by atoms with Gasteiger partial charge in [-0.3, -0.25) is 0 Å². The van der Waals surface area contributed by atoms with Gasteiger partial charge in [0.1, 0.15) is 18.0 Å². The summed E-state index contributed by atoms with van der Waals surface area (Å²) in [5.41, 5.74) is 6.93. The zero-order valence-electron chi connectivity index (χ0n) is 10.1. The van der Waals surface area contributed by atoms with E-state index in [9.17, 15) is 4.39 Å². The van der Waals surface area contributed by atoms with Crippen LogP contribution in [0.3, 0.4) is 0 Å². The lowest BCUT2D eigenvalue weighted by molar-refractivity contribution is 0.632. The van der Waals surface area contributed by atoms with Gasteiger partial charge < -0.3 is 5.73 Å². The molecule has 0 aliphatic carbocycles. The van der Waals surface area contributed by atoms with Crippen molar-refractivity contribution in [1.82, 2.24) is 9.97 Å². The van der Waals surface area contributed by atoms with E-state index >= 15 is 0 Å². The smallest absolute Gasteiger partial charge is 0.134 e. The number of hydrogen-bond acceptors (Lipinski definition) is 3. The Morgan fingerprint density at radius 2 is 1.85 bits per heavy atom. The highest BCUT2D eigenvalue weighted by Gasteiger charge is 2.16. The van der Waals surface area contributed by atoms with Crippen molar-refractivity contribution in [2.24, 2.45) is 0 Å². The molecule has 1 heterocycles. The molecule has 3 nitrogen and oxygen atoms in total. The van der Waals surface area contributed by atoms with Crippen molar-refractivity contribution >= 4 is 39.9 Å². The summed E-state index contributed by atoms with van der Waals surface area (Å²) in [5, 5.41) is 1.19. The number of nitrogens with two attached hydrogens (primary N) is 1. The molecule has 0 aliphatic rings. The highest BCUT2D eigenvalue weighted by molar-refractivity contribution is 6.43. The summed E-state index contributed by atoms with van der Waals surface area (Å²) < 4.78 is 14.2. The normalized spacial score (nSPS) is 10.9. The molecule has 0 atom stereocenters. The van der Waals surface area contributed by atoms with Crippen LogP contribution in [0.4, 0.5) is 10.2 Å². The molecule has 2 N–H and O–H groups in total. The summed E-state index contributed by atoms with van der Waals surface area (Å²) in [5.74, 6) is -0.158. The monoisotopic (exact) mass is 307 g/mol. The number of halogens is 3. The number of rotatable bonds is 1. The third-order valence-electron chi connectivity index (χ3n) is 3.01. The van der Waals surface area contributed by atoms with Crippen LogP contribution in [0.25, 0.3) is 22.0 Å². The highest BCUT2D eigenvalue weighted by atomic mass is 35.5. The highest BCUT2D eigenvalue weighted by Crippen LogP contribution is 2.38. The van der Waals surface area contributed by atoms with Crippen LogP contribution in [0.15, 0.2) is 36.7 Å². The van der Waals surface area contributed by atoms with Gasteiger partial charge in [-0.15, -0.1) is 0 Å². The number of fused-ring (bicyclic) bond motifs is 1. The fourth-order valence-electron chi connectivity index (χ4n) is 2.08. The quantitative estimate of drug-likeness (QED) is 0.728. The summed E-state index contributed by atoms with van der Waals surface area (Å²) in [6.07, 6.45) is 1.29. The molecule has 0 radical (unpaired) electrons. The molecule has 0 amide bonds. The lowest BCUT2D eigenvalue weighted by atomic mass is 10.0. The number of anilines is 1. The molecular formula is C14H8Cl2FN3. The van der Waals surface area contributed by atoms with Gasteiger partial charge in [0, 0.05) is 16.5 Å². The lowest BCUT2D eigenvalue weighted by Crippen LogP contribution is -1.97. The van der Waals surface area contributed by atoms with Crippen molar-refractivity contribution in [3.8, 4) is 11.1 Å². The fraction of sp³-hybridized carbons (Fsp3) is 0. The van der Waals surface area contributed by atoms with E-state index in [0.717, 1.165) is 0 Å². The molecule has 0 aliphatic heterocycles. The summed E-state index contributed by atoms with van der Waals surface area (Å²) in [6.45, 7) is 0. The number of aromatic nitrogens is 2. The first-order valence-corrected chi connectivity index (χ1v) is 6.48. The Balaban J connectivity index is 2.44. The topological polar surface area (TPSA) is 51.8 Å². The molecule has 3 rings (SSSR count). The summed E-state index contributed by atoms with van der Waals surface area (Å²) in [4.78, 5) is 8.01. The van der Waals surface area contributed by atoms with Crippen molar-refractivity contribution in [2.45, 2.75) is 0 Å². The van der Waals surface area contributed by atoms with Gasteiger partial charge in [-0.05, 0) is 18.2 Å². The van der Waals surface area contributed by atoms with E-state index in [1.807, 2.05) is 0 Å². The molecule has 0 saturated carbocycles. The number of nitrogen functional groups attached to an aromatic ring is 1. The molecule has 1 aromatic heterocycles. The van der Waals surface area contributed by atoms with E-state index in [-0.39, 0.29) is 16.4 Å². The van der Waals surface area contributed by atoms with Crippen LogP contribution < -0.4 is 5.73 Å². The second kappa shape index (κ2) is 4.89. The summed E-state index contributed by atoms with van der Waals surface area (Å²) in [6, 6.07) is 7.88. The minimum absolute atomic E-state index is 0.268. The molecule has 3 aromatic rings. The van der Waals surface area contributed by atoms with Crippen LogP contribution in [0.5, 0.6) is 0 Å². The van der Waals surface area contributed by atoms with Crippen LogP contribution in [0, 0.1) is 5.82 Å². The van der Waals surface area contributed by atoms with Crippen molar-refractivity contribution in [1.29, 1.82) is 0 Å². The standard InChI is InChI=1S/C14H8Cl2FN3/c15-9-3-1-2-7(12(9)16)11-10(17)5-4-8-13(11)19-6-20-14(8)18/h1-6H,(H2,18,19,20). The molecule has 20 heavy (non-hydrogen) atoms. The SMILES string of the molecule is Nc1ncnc2c(-c3cccc(Cl)c3Cl)c(F)ccc12. The maximum absolute atomic E-state index is 14.2. The van der Waals surface area contributed by atoms with Gasteiger partial charge in [0.25, 0.3) is 0 Å². The fourth-order valence-corrected chi connectivity index (χ4v) is 2.47. The van der Waals surface area contributed by atoms with Crippen molar-refractivity contribution in [3.63, 3.8) is 0 Å². The average Bonchev–Trinajstić information content (AvgIpc) is 2.43. The maximum atomic E-state index is 14.2. The Morgan fingerprint density at radius 3 is 2.65 bits per heavy atom. The third kappa shape index (κ3) is 1.97. The number of hydrogen-bond donors (Lipinski definition) is 1.